The van der Waals surface area contributed by atoms with Crippen molar-refractivity contribution in [1.82, 2.24) is 4.31 Å². The Balaban J connectivity index is 2.02. The number of nitrogens with zero attached hydrogens (tertiary/aromatic N) is 2. The molecule has 1 aliphatic rings. The van der Waals surface area contributed by atoms with Crippen LogP contribution in [0, 0.1) is 0 Å². The fourth-order valence-corrected chi connectivity index (χ4v) is 8.26. The summed E-state index contributed by atoms with van der Waals surface area (Å²) in [4.78, 5) is 13.7. The molecule has 1 heterocycles. The molecular formula is C34H41FN2O6S2. The lowest BCUT2D eigenvalue weighted by molar-refractivity contribution is -0.134. The third-order valence-electron chi connectivity index (χ3n) is 8.12. The van der Waals surface area contributed by atoms with Gasteiger partial charge in [0.1, 0.15) is 22.7 Å². The van der Waals surface area contributed by atoms with Gasteiger partial charge in [-0.05, 0) is 55.0 Å². The van der Waals surface area contributed by atoms with E-state index in [4.69, 9.17) is 14.6 Å². The number of rotatable bonds is 14. The second-order valence-electron chi connectivity index (χ2n) is 11.1. The van der Waals surface area contributed by atoms with Gasteiger partial charge in [0.25, 0.3) is 0 Å². The molecule has 3 aromatic rings. The fourth-order valence-electron chi connectivity index (χ4n) is 5.73. The SMILES string of the molecule is CCCCC1(CCCC)CN(c2ccccc2)c2cc(SC)c(O/C=C(\F)C(=O)O)cc2S(=O)(=O)N1Cc1ccc(OC)cc1. The van der Waals surface area contributed by atoms with Crippen LogP contribution in [0.25, 0.3) is 0 Å². The first-order valence-corrected chi connectivity index (χ1v) is 17.7. The summed E-state index contributed by atoms with van der Waals surface area (Å²) in [7, 11) is -2.62. The van der Waals surface area contributed by atoms with Gasteiger partial charge in [-0.2, -0.15) is 8.70 Å². The molecule has 0 amide bonds. The van der Waals surface area contributed by atoms with Crippen LogP contribution < -0.4 is 14.4 Å². The highest BCUT2D eigenvalue weighted by Gasteiger charge is 2.49. The second-order valence-corrected chi connectivity index (χ2v) is 13.8. The highest BCUT2D eigenvalue weighted by molar-refractivity contribution is 7.98. The van der Waals surface area contributed by atoms with Crippen LogP contribution in [0.2, 0.25) is 0 Å². The molecule has 8 nitrogen and oxygen atoms in total. The quantitative estimate of drug-likeness (QED) is 0.106. The van der Waals surface area contributed by atoms with Gasteiger partial charge in [0.05, 0.1) is 23.2 Å². The van der Waals surface area contributed by atoms with Gasteiger partial charge in [0.15, 0.2) is 0 Å². The Labute approximate surface area is 269 Å². The molecule has 1 aliphatic heterocycles. The Kier molecular flexibility index (Phi) is 11.6. The Morgan fingerprint density at radius 3 is 2.24 bits per heavy atom. The van der Waals surface area contributed by atoms with E-state index in [0.29, 0.717) is 42.0 Å². The molecule has 1 N–H and O–H groups in total. The number of hydrogen-bond acceptors (Lipinski definition) is 7. The van der Waals surface area contributed by atoms with Crippen LogP contribution in [0.5, 0.6) is 11.5 Å². The summed E-state index contributed by atoms with van der Waals surface area (Å²) in [6.45, 7) is 4.76. The van der Waals surface area contributed by atoms with E-state index in [1.165, 1.54) is 17.8 Å². The standard InChI is InChI=1S/C34H41FN2O6S2/c1-5-7-18-34(19-8-6-2)24-36(26-12-10-9-11-13-26)29-20-31(44-4)30(43-23-28(35)33(38)39)21-32(29)45(40,41)37(34)22-25-14-16-27(42-3)17-15-25/h9-17,20-21,23H,5-8,18-19,22,24H2,1-4H3,(H,38,39)/b28-23-. The van der Waals surface area contributed by atoms with E-state index in [9.17, 15) is 9.18 Å². The van der Waals surface area contributed by atoms with Crippen molar-refractivity contribution in [3.05, 3.63) is 84.4 Å². The van der Waals surface area contributed by atoms with Crippen molar-refractivity contribution in [1.29, 1.82) is 0 Å². The number of sulfonamides is 1. The molecular weight excluding hydrogens is 616 g/mol. The molecule has 0 spiro atoms. The third kappa shape index (κ3) is 7.65. The maximum atomic E-state index is 15.1. The number of anilines is 2. The summed E-state index contributed by atoms with van der Waals surface area (Å²) in [5.41, 5.74) is 1.37. The zero-order valence-electron chi connectivity index (χ0n) is 26.2. The van der Waals surface area contributed by atoms with Crippen LogP contribution in [0.3, 0.4) is 0 Å². The molecule has 0 fully saturated rings. The highest BCUT2D eigenvalue weighted by Crippen LogP contribution is 2.48. The van der Waals surface area contributed by atoms with Crippen LogP contribution in [0.1, 0.15) is 57.9 Å². The summed E-state index contributed by atoms with van der Waals surface area (Å²) in [6, 6.07) is 20.3. The molecule has 0 saturated carbocycles. The Morgan fingerprint density at radius 1 is 1.04 bits per heavy atom. The third-order valence-corrected chi connectivity index (χ3v) is 10.9. The maximum absolute atomic E-state index is 15.1. The van der Waals surface area contributed by atoms with Crippen molar-refractivity contribution in [3.8, 4) is 11.5 Å². The molecule has 0 unspecified atom stereocenters. The van der Waals surface area contributed by atoms with Crippen LogP contribution in [-0.2, 0) is 21.4 Å². The summed E-state index contributed by atoms with van der Waals surface area (Å²) in [5, 5.41) is 9.02. The first-order chi connectivity index (χ1) is 21.6. The van der Waals surface area contributed by atoms with Crippen LogP contribution in [0.4, 0.5) is 15.8 Å². The van der Waals surface area contributed by atoms with Crippen LogP contribution in [-0.4, -0.2) is 49.2 Å². The van der Waals surface area contributed by atoms with E-state index >= 15 is 8.42 Å². The minimum atomic E-state index is -4.20. The average molecular weight is 657 g/mol. The number of aliphatic carboxylic acids is 1. The molecule has 45 heavy (non-hydrogen) atoms. The van der Waals surface area contributed by atoms with Crippen molar-refractivity contribution >= 4 is 39.1 Å². The number of unbranched alkanes of at least 4 members (excludes halogenated alkanes) is 2. The van der Waals surface area contributed by atoms with Gasteiger partial charge in [0.2, 0.25) is 15.9 Å². The van der Waals surface area contributed by atoms with Gasteiger partial charge < -0.3 is 19.5 Å². The molecule has 0 aliphatic carbocycles. The van der Waals surface area contributed by atoms with Gasteiger partial charge in [-0.1, -0.05) is 69.9 Å². The number of carbonyl (C=O) groups is 1. The average Bonchev–Trinajstić information content (AvgIpc) is 3.13. The van der Waals surface area contributed by atoms with Crippen LogP contribution in [0.15, 0.2) is 88.6 Å². The topological polar surface area (TPSA) is 96.4 Å². The second kappa shape index (κ2) is 15.2. The van der Waals surface area contributed by atoms with E-state index < -0.39 is 27.4 Å². The lowest BCUT2D eigenvalue weighted by Crippen LogP contribution is -2.55. The van der Waals surface area contributed by atoms with E-state index in [1.807, 2.05) is 54.6 Å². The lowest BCUT2D eigenvalue weighted by Gasteiger charge is -2.44. The van der Waals surface area contributed by atoms with Gasteiger partial charge in [-0.15, -0.1) is 11.8 Å². The smallest absolute Gasteiger partial charge is 0.368 e. The number of benzene rings is 3. The summed E-state index contributed by atoms with van der Waals surface area (Å²) >= 11 is 1.30. The molecule has 11 heteroatoms. The Hall–Kier alpha value is -3.54. The van der Waals surface area contributed by atoms with Crippen molar-refractivity contribution in [2.24, 2.45) is 0 Å². The number of methoxy groups -OCH3 is 1. The molecule has 0 bridgehead atoms. The van der Waals surface area contributed by atoms with E-state index in [0.717, 1.165) is 36.9 Å². The Bertz CT molecular complexity index is 1590. The molecule has 242 valence electrons. The minimum Gasteiger partial charge on any atom is -0.497 e. The first-order valence-electron chi connectivity index (χ1n) is 15.1. The summed E-state index contributed by atoms with van der Waals surface area (Å²) < 4.78 is 56.7. The largest absolute Gasteiger partial charge is 0.497 e. The maximum Gasteiger partial charge on any atom is 0.368 e. The van der Waals surface area contributed by atoms with Gasteiger partial charge >= 0.3 is 5.97 Å². The minimum absolute atomic E-state index is 0.00618. The monoisotopic (exact) mass is 656 g/mol. The Morgan fingerprint density at radius 2 is 1.69 bits per heavy atom. The van der Waals surface area contributed by atoms with Crippen molar-refractivity contribution < 1.29 is 32.2 Å². The normalized spacial score (nSPS) is 16.1. The summed E-state index contributed by atoms with van der Waals surface area (Å²) in [5.74, 6) is -2.55. The van der Waals surface area contributed by atoms with Gasteiger partial charge in [-0.25, -0.2) is 13.2 Å². The van der Waals surface area contributed by atoms with E-state index in [1.54, 1.807) is 23.7 Å². The molecule has 0 aromatic heterocycles. The predicted octanol–water partition coefficient (Wildman–Crippen LogP) is 8.15. The summed E-state index contributed by atoms with van der Waals surface area (Å²) in [6.07, 6.45) is 7.07. The number of halogens is 1. The number of carboxylic acids is 1. The van der Waals surface area contributed by atoms with E-state index in [2.05, 4.69) is 18.7 Å². The molecule has 4 rings (SSSR count). The molecule has 0 atom stereocenters. The lowest BCUT2D eigenvalue weighted by atomic mass is 9.85. The number of carboxylic acid groups (broad SMARTS) is 1. The fraction of sp³-hybridized carbons (Fsp3) is 0.382. The van der Waals surface area contributed by atoms with Crippen LogP contribution >= 0.6 is 11.8 Å². The zero-order valence-corrected chi connectivity index (χ0v) is 27.8. The van der Waals surface area contributed by atoms with E-state index in [-0.39, 0.29) is 17.2 Å². The number of hydrogen-bond donors (Lipinski definition) is 1. The molecule has 0 radical (unpaired) electrons. The van der Waals surface area contributed by atoms with Crippen molar-refractivity contribution in [3.63, 3.8) is 0 Å². The predicted molar refractivity (Wildman–Crippen MR) is 177 cm³/mol. The van der Waals surface area contributed by atoms with Gasteiger partial charge in [-0.3, -0.25) is 0 Å². The molecule has 0 saturated heterocycles. The highest BCUT2D eigenvalue weighted by atomic mass is 32.2. The zero-order chi connectivity index (χ0) is 32.6. The number of ether oxygens (including phenoxy) is 2. The number of thioether (sulfide) groups is 1. The van der Waals surface area contributed by atoms with Gasteiger partial charge in [0, 0.05) is 24.8 Å². The van der Waals surface area contributed by atoms with Crippen molar-refractivity contribution in [2.75, 3.05) is 24.8 Å². The first kappa shape index (κ1) is 34.3. The molecule has 3 aromatic carbocycles. The van der Waals surface area contributed by atoms with Crippen molar-refractivity contribution in [2.45, 2.75) is 74.2 Å². The number of para-hydroxylation sites is 1. The number of fused-ring (bicyclic) bond motifs is 1.